The quantitative estimate of drug-likeness (QED) is 0.849. The summed E-state index contributed by atoms with van der Waals surface area (Å²) in [6.07, 6.45) is 2.21. The van der Waals surface area contributed by atoms with E-state index < -0.39 is 0 Å². The van der Waals surface area contributed by atoms with E-state index in [1.807, 2.05) is 35.2 Å². The summed E-state index contributed by atoms with van der Waals surface area (Å²) in [5.74, 6) is 0.711. The first-order chi connectivity index (χ1) is 13.1. The van der Waals surface area contributed by atoms with Gasteiger partial charge in [0.05, 0.1) is 12.1 Å². The van der Waals surface area contributed by atoms with Gasteiger partial charge < -0.3 is 15.0 Å². The first-order valence-electron chi connectivity index (χ1n) is 9.20. The van der Waals surface area contributed by atoms with E-state index in [0.717, 1.165) is 18.4 Å². The van der Waals surface area contributed by atoms with Gasteiger partial charge in [0.2, 0.25) is 11.7 Å². The molecule has 1 aromatic heterocycles. The summed E-state index contributed by atoms with van der Waals surface area (Å²) in [4.78, 5) is 27.1. The van der Waals surface area contributed by atoms with Gasteiger partial charge >= 0.3 is 6.09 Å². The lowest BCUT2D eigenvalue weighted by Gasteiger charge is -2.37. The largest absolute Gasteiger partial charge is 0.447 e. The molecule has 3 heterocycles. The molecule has 0 bridgehead atoms. The number of hydrogen-bond acceptors (Lipinski definition) is 6. The van der Waals surface area contributed by atoms with E-state index in [2.05, 4.69) is 20.7 Å². The molecule has 0 aliphatic carbocycles. The maximum Gasteiger partial charge on any atom is 0.407 e. The molecule has 0 radical (unpaired) electrons. The van der Waals surface area contributed by atoms with Crippen molar-refractivity contribution in [2.75, 3.05) is 19.7 Å². The minimum Gasteiger partial charge on any atom is -0.447 e. The summed E-state index contributed by atoms with van der Waals surface area (Å²) < 4.78 is 5.01. The minimum atomic E-state index is -0.356. The van der Waals surface area contributed by atoms with E-state index in [1.165, 1.54) is 4.80 Å². The average molecular weight is 370 g/mol. The number of nitrogens with zero attached hydrogens (tertiary/aromatic N) is 5. The molecule has 1 N–H and O–H groups in total. The van der Waals surface area contributed by atoms with Crippen molar-refractivity contribution >= 4 is 12.0 Å². The molecule has 2 aliphatic rings. The molecule has 0 unspecified atom stereocenters. The summed E-state index contributed by atoms with van der Waals surface area (Å²) in [6, 6.07) is 9.67. The minimum absolute atomic E-state index is 0.124. The molecule has 27 heavy (non-hydrogen) atoms. The van der Waals surface area contributed by atoms with Gasteiger partial charge in [-0.05, 0) is 24.5 Å². The predicted octanol–water partition coefficient (Wildman–Crippen LogP) is 1.22. The molecule has 0 atom stereocenters. The molecule has 1 spiro atoms. The monoisotopic (exact) mass is 370 g/mol. The van der Waals surface area contributed by atoms with E-state index >= 15 is 0 Å². The van der Waals surface area contributed by atoms with Crippen LogP contribution in [0.1, 0.15) is 25.7 Å². The molecule has 1 aromatic carbocycles. The van der Waals surface area contributed by atoms with E-state index in [0.29, 0.717) is 44.9 Å². The second kappa shape index (κ2) is 7.34. The third-order valence-corrected chi connectivity index (χ3v) is 5.15. The number of hydrogen-bond donors (Lipinski definition) is 1. The van der Waals surface area contributed by atoms with Gasteiger partial charge in [0, 0.05) is 25.1 Å². The molecule has 2 aromatic rings. The molecule has 2 aliphatic heterocycles. The zero-order valence-corrected chi connectivity index (χ0v) is 15.0. The van der Waals surface area contributed by atoms with Crippen LogP contribution in [0.15, 0.2) is 30.3 Å². The van der Waals surface area contributed by atoms with Crippen molar-refractivity contribution < 1.29 is 14.3 Å². The highest BCUT2D eigenvalue weighted by atomic mass is 16.6. The summed E-state index contributed by atoms with van der Waals surface area (Å²) in [7, 11) is 0. The third kappa shape index (κ3) is 3.91. The van der Waals surface area contributed by atoms with Crippen molar-refractivity contribution in [3.8, 4) is 11.4 Å². The molecule has 4 rings (SSSR count). The van der Waals surface area contributed by atoms with E-state index in [-0.39, 0.29) is 17.5 Å². The Balaban J connectivity index is 1.22. The molecular weight excluding hydrogens is 348 g/mol. The maximum absolute atomic E-state index is 12.4. The number of nitrogens with one attached hydrogen (secondary N) is 1. The second-order valence-corrected chi connectivity index (χ2v) is 7.04. The average Bonchev–Trinajstić information content (AvgIpc) is 3.30. The molecular formula is C18H22N6O3. The van der Waals surface area contributed by atoms with Crippen molar-refractivity contribution in [3.05, 3.63) is 30.3 Å². The smallest absolute Gasteiger partial charge is 0.407 e. The standard InChI is InChI=1S/C18H22N6O3/c25-15(23-11-8-18(9-12-23)13-27-17(26)19-18)7-4-10-24-21-16(20-22-24)14-5-2-1-3-6-14/h1-3,5-6H,4,7-13H2,(H,19,26). The highest BCUT2D eigenvalue weighted by Gasteiger charge is 2.42. The van der Waals surface area contributed by atoms with Gasteiger partial charge in [0.1, 0.15) is 6.61 Å². The second-order valence-electron chi connectivity index (χ2n) is 7.04. The van der Waals surface area contributed by atoms with Gasteiger partial charge in [-0.3, -0.25) is 4.79 Å². The van der Waals surface area contributed by atoms with Crippen molar-refractivity contribution in [3.63, 3.8) is 0 Å². The maximum atomic E-state index is 12.4. The molecule has 0 saturated carbocycles. The van der Waals surface area contributed by atoms with Crippen LogP contribution in [0.3, 0.4) is 0 Å². The summed E-state index contributed by atoms with van der Waals surface area (Å²) in [5, 5.41) is 15.4. The van der Waals surface area contributed by atoms with Crippen LogP contribution in [0.5, 0.6) is 0 Å². The number of carbonyl (C=O) groups excluding carboxylic acids is 2. The Morgan fingerprint density at radius 3 is 2.70 bits per heavy atom. The van der Waals surface area contributed by atoms with Gasteiger partial charge in [-0.15, -0.1) is 10.2 Å². The number of piperidine rings is 1. The molecule has 2 amide bonds. The Morgan fingerprint density at radius 1 is 1.22 bits per heavy atom. The summed E-state index contributed by atoms with van der Waals surface area (Å²) in [5.41, 5.74) is 0.636. The fourth-order valence-corrected chi connectivity index (χ4v) is 3.52. The van der Waals surface area contributed by atoms with Crippen LogP contribution in [0.2, 0.25) is 0 Å². The number of aromatic nitrogens is 4. The van der Waals surface area contributed by atoms with Crippen molar-refractivity contribution in [1.82, 2.24) is 30.4 Å². The number of tetrazole rings is 1. The van der Waals surface area contributed by atoms with Gasteiger partial charge in [0.15, 0.2) is 0 Å². The first-order valence-corrected chi connectivity index (χ1v) is 9.20. The zero-order chi connectivity index (χ0) is 18.7. The van der Waals surface area contributed by atoms with E-state index in [4.69, 9.17) is 4.74 Å². The molecule has 9 nitrogen and oxygen atoms in total. The first kappa shape index (κ1) is 17.4. The number of carbonyl (C=O) groups is 2. The molecule has 9 heteroatoms. The third-order valence-electron chi connectivity index (χ3n) is 5.15. The number of amides is 2. The van der Waals surface area contributed by atoms with Crippen LogP contribution in [0.4, 0.5) is 4.79 Å². The number of likely N-dealkylation sites (tertiary alicyclic amines) is 1. The number of benzene rings is 1. The number of aryl methyl sites for hydroxylation is 1. The van der Waals surface area contributed by atoms with Crippen LogP contribution >= 0.6 is 0 Å². The fraction of sp³-hybridized carbons (Fsp3) is 0.500. The summed E-state index contributed by atoms with van der Waals surface area (Å²) in [6.45, 7) is 2.23. The zero-order valence-electron chi connectivity index (χ0n) is 15.0. The Morgan fingerprint density at radius 2 is 2.00 bits per heavy atom. The molecule has 142 valence electrons. The Hall–Kier alpha value is -2.97. The van der Waals surface area contributed by atoms with Crippen molar-refractivity contribution in [2.45, 2.75) is 37.8 Å². The van der Waals surface area contributed by atoms with Crippen molar-refractivity contribution in [2.24, 2.45) is 0 Å². The normalized spacial score (nSPS) is 18.4. The highest BCUT2D eigenvalue weighted by Crippen LogP contribution is 2.26. The fourth-order valence-electron chi connectivity index (χ4n) is 3.52. The Labute approximate surface area is 156 Å². The van der Waals surface area contributed by atoms with Crippen molar-refractivity contribution in [1.29, 1.82) is 0 Å². The van der Waals surface area contributed by atoms with Crippen LogP contribution < -0.4 is 5.32 Å². The predicted molar refractivity (Wildman–Crippen MR) is 95.5 cm³/mol. The number of ether oxygens (including phenoxy) is 1. The lowest BCUT2D eigenvalue weighted by molar-refractivity contribution is -0.133. The Kier molecular flexibility index (Phi) is 4.74. The van der Waals surface area contributed by atoms with Crippen LogP contribution in [-0.4, -0.2) is 62.3 Å². The molecule has 2 fully saturated rings. The lowest BCUT2D eigenvalue weighted by atomic mass is 9.89. The number of cyclic esters (lactones) is 1. The number of alkyl carbamates (subject to hydrolysis) is 1. The van der Waals surface area contributed by atoms with Gasteiger partial charge in [0.25, 0.3) is 0 Å². The summed E-state index contributed by atoms with van der Waals surface area (Å²) >= 11 is 0. The lowest BCUT2D eigenvalue weighted by Crippen LogP contribution is -2.53. The van der Waals surface area contributed by atoms with Gasteiger partial charge in [-0.1, -0.05) is 30.3 Å². The Bertz CT molecular complexity index is 814. The number of rotatable bonds is 5. The van der Waals surface area contributed by atoms with E-state index in [9.17, 15) is 9.59 Å². The van der Waals surface area contributed by atoms with Gasteiger partial charge in [-0.25, -0.2) is 4.79 Å². The SMILES string of the molecule is O=C1NC2(CCN(C(=O)CCCn3nnc(-c4ccccc4)n3)CC2)CO1. The van der Waals surface area contributed by atoms with Gasteiger partial charge in [-0.2, -0.15) is 4.80 Å². The van der Waals surface area contributed by atoms with Crippen LogP contribution in [0, 0.1) is 0 Å². The van der Waals surface area contributed by atoms with Crippen LogP contribution in [-0.2, 0) is 16.1 Å². The van der Waals surface area contributed by atoms with Crippen LogP contribution in [0.25, 0.3) is 11.4 Å². The topological polar surface area (TPSA) is 102 Å². The molecule has 2 saturated heterocycles. The van der Waals surface area contributed by atoms with E-state index in [1.54, 1.807) is 0 Å². The highest BCUT2D eigenvalue weighted by molar-refractivity contribution is 5.76.